The zero-order chi connectivity index (χ0) is 16.4. The third-order valence-electron chi connectivity index (χ3n) is 3.27. The van der Waals surface area contributed by atoms with Crippen molar-refractivity contribution in [2.45, 2.75) is 6.61 Å². The third kappa shape index (κ3) is 2.79. The van der Waals surface area contributed by atoms with Crippen LogP contribution in [0.3, 0.4) is 0 Å². The van der Waals surface area contributed by atoms with Gasteiger partial charge in [0.1, 0.15) is 17.2 Å². The normalized spacial score (nSPS) is 10.7. The van der Waals surface area contributed by atoms with Crippen LogP contribution in [0, 0.1) is 15.9 Å². The number of aliphatic hydroxyl groups is 1. The van der Waals surface area contributed by atoms with Crippen LogP contribution in [0.2, 0.25) is 0 Å². The predicted octanol–water partition coefficient (Wildman–Crippen LogP) is 2.47. The van der Waals surface area contributed by atoms with Crippen molar-refractivity contribution >= 4 is 5.69 Å². The van der Waals surface area contributed by atoms with Crippen LogP contribution < -0.4 is 0 Å². The SMILES string of the molecule is O=[N+]([O-])c1cccc(-n2nnc(CO)c2-c2cccc(F)c2)c1. The van der Waals surface area contributed by atoms with E-state index >= 15 is 0 Å². The topological polar surface area (TPSA) is 94.1 Å². The Kier molecular flexibility index (Phi) is 3.82. The first kappa shape index (κ1) is 14.8. The number of hydrogen-bond donors (Lipinski definition) is 1. The number of benzene rings is 2. The summed E-state index contributed by atoms with van der Waals surface area (Å²) < 4.78 is 14.8. The fraction of sp³-hybridized carbons (Fsp3) is 0.0667. The summed E-state index contributed by atoms with van der Waals surface area (Å²) in [5.74, 6) is -0.446. The minimum absolute atomic E-state index is 0.103. The first-order chi connectivity index (χ1) is 11.1. The summed E-state index contributed by atoms with van der Waals surface area (Å²) in [6.45, 7) is -0.388. The fourth-order valence-electron chi connectivity index (χ4n) is 2.26. The van der Waals surface area contributed by atoms with E-state index in [0.29, 0.717) is 16.9 Å². The van der Waals surface area contributed by atoms with Crippen molar-refractivity contribution in [1.82, 2.24) is 15.0 Å². The maximum absolute atomic E-state index is 13.5. The molecule has 7 nitrogen and oxygen atoms in total. The van der Waals surface area contributed by atoms with Crippen LogP contribution in [0.15, 0.2) is 48.5 Å². The Bertz CT molecular complexity index is 879. The summed E-state index contributed by atoms with van der Waals surface area (Å²) in [4.78, 5) is 10.4. The molecule has 23 heavy (non-hydrogen) atoms. The van der Waals surface area contributed by atoms with Gasteiger partial charge in [0, 0.05) is 17.7 Å². The lowest BCUT2D eigenvalue weighted by atomic mass is 10.1. The van der Waals surface area contributed by atoms with Crippen molar-refractivity contribution in [3.63, 3.8) is 0 Å². The zero-order valence-electron chi connectivity index (χ0n) is 11.8. The molecule has 2 aromatic carbocycles. The minimum atomic E-state index is -0.519. The highest BCUT2D eigenvalue weighted by molar-refractivity contribution is 5.64. The van der Waals surface area contributed by atoms with Gasteiger partial charge in [0.05, 0.1) is 17.2 Å². The Morgan fingerprint density at radius 2 is 2.00 bits per heavy atom. The maximum Gasteiger partial charge on any atom is 0.271 e. The molecule has 0 bridgehead atoms. The second-order valence-corrected chi connectivity index (χ2v) is 4.74. The van der Waals surface area contributed by atoms with Crippen LogP contribution >= 0.6 is 0 Å². The molecule has 0 saturated carbocycles. The molecule has 0 unspecified atom stereocenters. The largest absolute Gasteiger partial charge is 0.390 e. The van der Waals surface area contributed by atoms with Crippen LogP contribution in [0.4, 0.5) is 10.1 Å². The Morgan fingerprint density at radius 3 is 2.70 bits per heavy atom. The number of nitrogens with zero attached hydrogens (tertiary/aromatic N) is 4. The molecule has 3 aromatic rings. The van der Waals surface area contributed by atoms with Gasteiger partial charge in [0.2, 0.25) is 0 Å². The first-order valence-corrected chi connectivity index (χ1v) is 6.66. The van der Waals surface area contributed by atoms with E-state index in [9.17, 15) is 19.6 Å². The molecule has 0 saturated heterocycles. The third-order valence-corrected chi connectivity index (χ3v) is 3.27. The molecule has 1 aromatic heterocycles. The van der Waals surface area contributed by atoms with Crippen LogP contribution in [0.25, 0.3) is 16.9 Å². The van der Waals surface area contributed by atoms with Gasteiger partial charge in [0.25, 0.3) is 5.69 Å². The van der Waals surface area contributed by atoms with Crippen molar-refractivity contribution in [3.8, 4) is 16.9 Å². The van der Waals surface area contributed by atoms with Crippen molar-refractivity contribution in [2.75, 3.05) is 0 Å². The highest BCUT2D eigenvalue weighted by Crippen LogP contribution is 2.27. The van der Waals surface area contributed by atoms with E-state index in [1.807, 2.05) is 0 Å². The van der Waals surface area contributed by atoms with Gasteiger partial charge in [-0.25, -0.2) is 9.07 Å². The Morgan fingerprint density at radius 1 is 1.22 bits per heavy atom. The molecular formula is C15H11FN4O3. The quantitative estimate of drug-likeness (QED) is 0.589. The molecule has 116 valence electrons. The minimum Gasteiger partial charge on any atom is -0.390 e. The molecule has 0 atom stereocenters. The van der Waals surface area contributed by atoms with E-state index in [1.165, 1.54) is 41.1 Å². The summed E-state index contributed by atoms with van der Waals surface area (Å²) in [7, 11) is 0. The number of nitro groups is 1. The molecule has 0 radical (unpaired) electrons. The van der Waals surface area contributed by atoms with Crippen LogP contribution in [-0.4, -0.2) is 25.0 Å². The second-order valence-electron chi connectivity index (χ2n) is 4.74. The van der Waals surface area contributed by atoms with Crippen molar-refractivity contribution in [2.24, 2.45) is 0 Å². The number of nitro benzene ring substituents is 1. The monoisotopic (exact) mass is 314 g/mol. The first-order valence-electron chi connectivity index (χ1n) is 6.66. The Balaban J connectivity index is 2.20. The lowest BCUT2D eigenvalue weighted by Gasteiger charge is -2.08. The van der Waals surface area contributed by atoms with Gasteiger partial charge < -0.3 is 5.11 Å². The predicted molar refractivity (Wildman–Crippen MR) is 79.3 cm³/mol. The van der Waals surface area contributed by atoms with E-state index in [0.717, 1.165) is 0 Å². The number of aliphatic hydroxyl groups excluding tert-OH is 1. The van der Waals surface area contributed by atoms with Gasteiger partial charge in [-0.05, 0) is 18.2 Å². The number of non-ortho nitro benzene ring substituents is 1. The number of halogens is 1. The molecule has 8 heteroatoms. The highest BCUT2D eigenvalue weighted by Gasteiger charge is 2.17. The average molecular weight is 314 g/mol. The highest BCUT2D eigenvalue weighted by atomic mass is 19.1. The van der Waals surface area contributed by atoms with Gasteiger partial charge in [-0.1, -0.05) is 23.4 Å². The molecule has 0 amide bonds. The standard InChI is InChI=1S/C15H11FN4O3/c16-11-4-1-3-10(7-11)15-14(9-21)17-18-19(15)12-5-2-6-13(8-12)20(22)23/h1-8,21H,9H2. The number of aromatic nitrogens is 3. The molecule has 1 N–H and O–H groups in total. The van der Waals surface area contributed by atoms with Crippen molar-refractivity contribution in [1.29, 1.82) is 0 Å². The van der Waals surface area contributed by atoms with E-state index < -0.39 is 10.7 Å². The molecule has 0 fully saturated rings. The van der Waals surface area contributed by atoms with Gasteiger partial charge in [-0.15, -0.1) is 5.10 Å². The fourth-order valence-corrected chi connectivity index (χ4v) is 2.26. The zero-order valence-corrected chi connectivity index (χ0v) is 11.8. The van der Waals surface area contributed by atoms with Gasteiger partial charge >= 0.3 is 0 Å². The van der Waals surface area contributed by atoms with E-state index in [2.05, 4.69) is 10.3 Å². The second kappa shape index (κ2) is 5.93. The average Bonchev–Trinajstić information content (AvgIpc) is 2.99. The summed E-state index contributed by atoms with van der Waals surface area (Å²) in [6, 6.07) is 11.6. The summed E-state index contributed by atoms with van der Waals surface area (Å²) in [5, 5.41) is 28.1. The molecule has 0 aliphatic heterocycles. The van der Waals surface area contributed by atoms with Crippen LogP contribution in [0.1, 0.15) is 5.69 Å². The molecule has 3 rings (SSSR count). The van der Waals surface area contributed by atoms with Gasteiger partial charge in [-0.3, -0.25) is 10.1 Å². The van der Waals surface area contributed by atoms with Crippen molar-refractivity contribution in [3.05, 3.63) is 70.2 Å². The summed E-state index contributed by atoms with van der Waals surface area (Å²) in [5.41, 5.74) is 1.39. The van der Waals surface area contributed by atoms with Crippen molar-refractivity contribution < 1.29 is 14.4 Å². The maximum atomic E-state index is 13.5. The molecule has 0 aliphatic carbocycles. The van der Waals surface area contributed by atoms with E-state index in [1.54, 1.807) is 12.1 Å². The van der Waals surface area contributed by atoms with Crippen LogP contribution in [0.5, 0.6) is 0 Å². The smallest absolute Gasteiger partial charge is 0.271 e. The van der Waals surface area contributed by atoms with E-state index in [4.69, 9.17) is 0 Å². The summed E-state index contributed by atoms with van der Waals surface area (Å²) >= 11 is 0. The Labute approximate surface area is 129 Å². The lowest BCUT2D eigenvalue weighted by Crippen LogP contribution is -2.01. The summed E-state index contributed by atoms with van der Waals surface area (Å²) in [6.07, 6.45) is 0. The van der Waals surface area contributed by atoms with Gasteiger partial charge in [0.15, 0.2) is 0 Å². The number of rotatable bonds is 4. The van der Waals surface area contributed by atoms with Gasteiger partial charge in [-0.2, -0.15) is 0 Å². The molecule has 0 aliphatic rings. The molecule has 1 heterocycles. The molecule has 0 spiro atoms. The van der Waals surface area contributed by atoms with Crippen LogP contribution in [-0.2, 0) is 6.61 Å². The van der Waals surface area contributed by atoms with E-state index in [-0.39, 0.29) is 18.0 Å². The molecular weight excluding hydrogens is 303 g/mol. The lowest BCUT2D eigenvalue weighted by molar-refractivity contribution is -0.384. The number of hydrogen-bond acceptors (Lipinski definition) is 5. The Hall–Kier alpha value is -3.13.